The standard InChI is InChI=1S/C21H21F2NO5/c1-13(16-7-6-15(22)11-17(16)23)24-20(25)12-29-21(26)9-5-14-4-8-18(27-2)19(10-14)28-3/h4-11,13H,12H2,1-3H3,(H,24,25)/b9-5+/t13-/m1/s1. The largest absolute Gasteiger partial charge is 0.493 e. The first-order valence-electron chi connectivity index (χ1n) is 8.65. The van der Waals surface area contributed by atoms with Gasteiger partial charge in [-0.15, -0.1) is 0 Å². The van der Waals surface area contributed by atoms with Crippen molar-refractivity contribution in [2.75, 3.05) is 20.8 Å². The van der Waals surface area contributed by atoms with Gasteiger partial charge in [-0.25, -0.2) is 13.6 Å². The molecular weight excluding hydrogens is 384 g/mol. The van der Waals surface area contributed by atoms with E-state index in [2.05, 4.69) is 5.32 Å². The van der Waals surface area contributed by atoms with Gasteiger partial charge in [-0.3, -0.25) is 4.79 Å². The predicted molar refractivity (Wildman–Crippen MR) is 102 cm³/mol. The number of hydrogen-bond acceptors (Lipinski definition) is 5. The number of halogens is 2. The summed E-state index contributed by atoms with van der Waals surface area (Å²) in [5, 5.41) is 2.48. The van der Waals surface area contributed by atoms with Crippen LogP contribution in [0.2, 0.25) is 0 Å². The van der Waals surface area contributed by atoms with Crippen molar-refractivity contribution in [2.45, 2.75) is 13.0 Å². The smallest absolute Gasteiger partial charge is 0.331 e. The fraction of sp³-hybridized carbons (Fsp3) is 0.238. The van der Waals surface area contributed by atoms with Crippen LogP contribution < -0.4 is 14.8 Å². The van der Waals surface area contributed by atoms with E-state index in [4.69, 9.17) is 14.2 Å². The average Bonchev–Trinajstić information content (AvgIpc) is 2.70. The molecule has 1 amide bonds. The maximum Gasteiger partial charge on any atom is 0.331 e. The lowest BCUT2D eigenvalue weighted by atomic mass is 10.1. The summed E-state index contributed by atoms with van der Waals surface area (Å²) in [5.41, 5.74) is 0.795. The molecule has 0 radical (unpaired) electrons. The second-order valence-corrected chi connectivity index (χ2v) is 6.01. The van der Waals surface area contributed by atoms with E-state index < -0.39 is 36.2 Å². The van der Waals surface area contributed by atoms with E-state index in [-0.39, 0.29) is 5.56 Å². The van der Waals surface area contributed by atoms with Crippen molar-refractivity contribution in [1.29, 1.82) is 0 Å². The van der Waals surface area contributed by atoms with Crippen LogP contribution in [0.25, 0.3) is 6.08 Å². The zero-order valence-electron chi connectivity index (χ0n) is 16.2. The van der Waals surface area contributed by atoms with E-state index in [0.29, 0.717) is 17.1 Å². The van der Waals surface area contributed by atoms with Crippen LogP contribution in [-0.4, -0.2) is 32.7 Å². The van der Waals surface area contributed by atoms with Crippen LogP contribution in [0.15, 0.2) is 42.5 Å². The molecule has 0 aliphatic rings. The minimum absolute atomic E-state index is 0.124. The van der Waals surface area contributed by atoms with Gasteiger partial charge in [-0.2, -0.15) is 0 Å². The van der Waals surface area contributed by atoms with E-state index >= 15 is 0 Å². The molecule has 8 heteroatoms. The average molecular weight is 405 g/mol. The molecule has 29 heavy (non-hydrogen) atoms. The fourth-order valence-electron chi connectivity index (χ4n) is 2.52. The summed E-state index contributed by atoms with van der Waals surface area (Å²) in [5.74, 6) is -1.77. The van der Waals surface area contributed by atoms with Crippen molar-refractivity contribution in [3.05, 3.63) is 65.2 Å². The van der Waals surface area contributed by atoms with Crippen molar-refractivity contribution in [1.82, 2.24) is 5.32 Å². The molecule has 0 spiro atoms. The first kappa shape index (κ1) is 21.9. The molecule has 154 valence electrons. The summed E-state index contributed by atoms with van der Waals surface area (Å²) in [7, 11) is 3.01. The number of carbonyl (C=O) groups is 2. The molecule has 0 fully saturated rings. The number of hydrogen-bond donors (Lipinski definition) is 1. The van der Waals surface area contributed by atoms with Gasteiger partial charge in [-0.1, -0.05) is 12.1 Å². The Morgan fingerprint density at radius 3 is 2.45 bits per heavy atom. The number of benzene rings is 2. The van der Waals surface area contributed by atoms with Crippen molar-refractivity contribution in [3.8, 4) is 11.5 Å². The second-order valence-electron chi connectivity index (χ2n) is 6.01. The number of nitrogens with one attached hydrogen (secondary N) is 1. The number of rotatable bonds is 8. The Kier molecular flexibility index (Phi) is 7.70. The van der Waals surface area contributed by atoms with Gasteiger partial charge in [0, 0.05) is 17.7 Å². The molecule has 0 bridgehead atoms. The summed E-state index contributed by atoms with van der Waals surface area (Å²) >= 11 is 0. The van der Waals surface area contributed by atoms with Crippen molar-refractivity contribution < 1.29 is 32.6 Å². The van der Waals surface area contributed by atoms with E-state index in [1.54, 1.807) is 18.2 Å². The summed E-state index contributed by atoms with van der Waals surface area (Å²) in [6.45, 7) is 0.995. The third-order valence-electron chi connectivity index (χ3n) is 3.97. The van der Waals surface area contributed by atoms with Crippen molar-refractivity contribution in [2.24, 2.45) is 0 Å². The molecule has 6 nitrogen and oxygen atoms in total. The van der Waals surface area contributed by atoms with E-state index in [1.165, 1.54) is 33.3 Å². The first-order valence-corrected chi connectivity index (χ1v) is 8.65. The van der Waals surface area contributed by atoms with Gasteiger partial charge in [-0.05, 0) is 36.8 Å². The number of methoxy groups -OCH3 is 2. The molecule has 0 unspecified atom stereocenters. The number of ether oxygens (including phenoxy) is 3. The Morgan fingerprint density at radius 1 is 1.07 bits per heavy atom. The van der Waals surface area contributed by atoms with E-state index in [1.807, 2.05) is 0 Å². The number of amides is 1. The predicted octanol–water partition coefficient (Wildman–Crippen LogP) is 3.42. The zero-order chi connectivity index (χ0) is 21.4. The maximum atomic E-state index is 13.7. The van der Waals surface area contributed by atoms with Crippen molar-refractivity contribution in [3.63, 3.8) is 0 Å². The van der Waals surface area contributed by atoms with E-state index in [0.717, 1.165) is 18.2 Å². The van der Waals surface area contributed by atoms with Gasteiger partial charge in [0.25, 0.3) is 5.91 Å². The monoisotopic (exact) mass is 405 g/mol. The normalized spacial score (nSPS) is 11.8. The summed E-state index contributed by atoms with van der Waals surface area (Å²) in [6.07, 6.45) is 2.66. The molecular formula is C21H21F2NO5. The van der Waals surface area contributed by atoms with Gasteiger partial charge in [0.2, 0.25) is 0 Å². The zero-order valence-corrected chi connectivity index (χ0v) is 16.2. The number of carbonyl (C=O) groups excluding carboxylic acids is 2. The molecule has 2 rings (SSSR count). The van der Waals surface area contributed by atoms with Gasteiger partial charge in [0.15, 0.2) is 18.1 Å². The highest BCUT2D eigenvalue weighted by Gasteiger charge is 2.15. The number of esters is 1. The molecule has 0 aliphatic heterocycles. The molecule has 0 aromatic heterocycles. The highest BCUT2D eigenvalue weighted by atomic mass is 19.1. The summed E-state index contributed by atoms with van der Waals surface area (Å²) in [4.78, 5) is 23.7. The van der Waals surface area contributed by atoms with Crippen LogP contribution in [0.1, 0.15) is 24.1 Å². The molecule has 1 N–H and O–H groups in total. The lowest BCUT2D eigenvalue weighted by Crippen LogP contribution is -2.31. The summed E-state index contributed by atoms with van der Waals surface area (Å²) < 4.78 is 41.9. The van der Waals surface area contributed by atoms with Crippen LogP contribution >= 0.6 is 0 Å². The van der Waals surface area contributed by atoms with Gasteiger partial charge in [0.05, 0.1) is 20.3 Å². The van der Waals surface area contributed by atoms with Crippen LogP contribution in [0.3, 0.4) is 0 Å². The molecule has 0 saturated carbocycles. The van der Waals surface area contributed by atoms with Crippen LogP contribution in [0.4, 0.5) is 8.78 Å². The summed E-state index contributed by atoms with van der Waals surface area (Å²) in [6, 6.07) is 7.44. The minimum Gasteiger partial charge on any atom is -0.493 e. The van der Waals surface area contributed by atoms with Crippen LogP contribution in [0.5, 0.6) is 11.5 Å². The lowest BCUT2D eigenvalue weighted by molar-refractivity contribution is -0.144. The van der Waals surface area contributed by atoms with Crippen molar-refractivity contribution >= 4 is 18.0 Å². The lowest BCUT2D eigenvalue weighted by Gasteiger charge is -2.15. The highest BCUT2D eigenvalue weighted by molar-refractivity contribution is 5.89. The molecule has 1 atom stereocenters. The maximum absolute atomic E-state index is 13.7. The quantitative estimate of drug-likeness (QED) is 0.538. The highest BCUT2D eigenvalue weighted by Crippen LogP contribution is 2.28. The third kappa shape index (κ3) is 6.31. The molecule has 2 aromatic rings. The Hall–Kier alpha value is -3.42. The molecule has 0 aliphatic carbocycles. The Labute approximate surface area is 167 Å². The second kappa shape index (κ2) is 10.2. The molecule has 2 aromatic carbocycles. The van der Waals surface area contributed by atoms with Crippen LogP contribution in [-0.2, 0) is 14.3 Å². The van der Waals surface area contributed by atoms with Crippen LogP contribution in [0, 0.1) is 11.6 Å². The van der Waals surface area contributed by atoms with Gasteiger partial charge in [0.1, 0.15) is 11.6 Å². The minimum atomic E-state index is -0.771. The van der Waals surface area contributed by atoms with Gasteiger partial charge < -0.3 is 19.5 Å². The Balaban J connectivity index is 1.86. The third-order valence-corrected chi connectivity index (χ3v) is 3.97. The fourth-order valence-corrected chi connectivity index (χ4v) is 2.52. The molecule has 0 heterocycles. The Morgan fingerprint density at radius 2 is 1.79 bits per heavy atom. The molecule has 0 saturated heterocycles. The van der Waals surface area contributed by atoms with Gasteiger partial charge >= 0.3 is 5.97 Å². The van der Waals surface area contributed by atoms with E-state index in [9.17, 15) is 18.4 Å². The topological polar surface area (TPSA) is 73.9 Å². The SMILES string of the molecule is COc1ccc(/C=C/C(=O)OCC(=O)N[C@H](C)c2ccc(F)cc2F)cc1OC. The first-order chi connectivity index (χ1) is 13.8. The Bertz CT molecular complexity index is 914.